The van der Waals surface area contributed by atoms with Crippen molar-refractivity contribution in [1.82, 2.24) is 10.2 Å². The van der Waals surface area contributed by atoms with Gasteiger partial charge in [0.2, 0.25) is 0 Å². The highest BCUT2D eigenvalue weighted by atomic mass is 35.5. The molecule has 1 aromatic rings. The molecule has 1 saturated heterocycles. The van der Waals surface area contributed by atoms with Gasteiger partial charge in [0, 0.05) is 49.4 Å². The summed E-state index contributed by atoms with van der Waals surface area (Å²) in [5, 5.41) is 14.6. The molecule has 0 unspecified atom stereocenters. The maximum absolute atomic E-state index is 11.0. The van der Waals surface area contributed by atoms with Gasteiger partial charge in [-0.25, -0.2) is 0 Å². The summed E-state index contributed by atoms with van der Waals surface area (Å²) in [5.74, 6) is 0. The largest absolute Gasteiger partial charge is 0.379 e. The first-order valence-corrected chi connectivity index (χ1v) is 6.98. The average molecular weight is 300 g/mol. The number of ether oxygens (including phenoxy) is 1. The number of hydrogen-bond acceptors (Lipinski definition) is 5. The van der Waals surface area contributed by atoms with Gasteiger partial charge in [0.15, 0.2) is 0 Å². The molecule has 1 N–H and O–H groups in total. The zero-order valence-electron chi connectivity index (χ0n) is 11.2. The maximum Gasteiger partial charge on any atom is 0.275 e. The number of halogens is 1. The first-order valence-electron chi connectivity index (χ1n) is 6.60. The van der Waals surface area contributed by atoms with E-state index in [0.717, 1.165) is 39.4 Å². The minimum atomic E-state index is -0.398. The second-order valence-corrected chi connectivity index (χ2v) is 5.10. The fraction of sp³-hybridized carbons (Fsp3) is 0.538. The highest BCUT2D eigenvalue weighted by molar-refractivity contribution is 6.30. The SMILES string of the molecule is O=[N+]([O-])c1cc(Cl)ccc1CNCCN1CCOCC1. The van der Waals surface area contributed by atoms with E-state index in [1.165, 1.54) is 6.07 Å². The van der Waals surface area contributed by atoms with Crippen molar-refractivity contribution in [3.63, 3.8) is 0 Å². The molecule has 0 aliphatic carbocycles. The monoisotopic (exact) mass is 299 g/mol. The van der Waals surface area contributed by atoms with Crippen molar-refractivity contribution in [2.24, 2.45) is 0 Å². The summed E-state index contributed by atoms with van der Waals surface area (Å²) in [4.78, 5) is 12.9. The molecule has 1 fully saturated rings. The first kappa shape index (κ1) is 15.2. The minimum absolute atomic E-state index is 0.0661. The van der Waals surface area contributed by atoms with Gasteiger partial charge in [-0.15, -0.1) is 0 Å². The Bertz CT molecular complexity index is 464. The Kier molecular flexibility index (Phi) is 5.72. The van der Waals surface area contributed by atoms with Crippen LogP contribution >= 0.6 is 11.6 Å². The molecule has 0 spiro atoms. The van der Waals surface area contributed by atoms with Crippen LogP contribution in [0.2, 0.25) is 5.02 Å². The molecule has 1 heterocycles. The van der Waals surface area contributed by atoms with Crippen LogP contribution in [0.15, 0.2) is 18.2 Å². The summed E-state index contributed by atoms with van der Waals surface area (Å²) in [7, 11) is 0. The zero-order valence-corrected chi connectivity index (χ0v) is 11.9. The van der Waals surface area contributed by atoms with E-state index in [2.05, 4.69) is 10.2 Å². The van der Waals surface area contributed by atoms with E-state index >= 15 is 0 Å². The number of morpholine rings is 1. The summed E-state index contributed by atoms with van der Waals surface area (Å²) in [5.41, 5.74) is 0.720. The van der Waals surface area contributed by atoms with Crippen LogP contribution in [0.4, 0.5) is 5.69 Å². The first-order chi connectivity index (χ1) is 9.66. The maximum atomic E-state index is 11.0. The lowest BCUT2D eigenvalue weighted by atomic mass is 10.2. The smallest absolute Gasteiger partial charge is 0.275 e. The van der Waals surface area contributed by atoms with Gasteiger partial charge in [-0.2, -0.15) is 0 Å². The molecule has 7 heteroatoms. The van der Waals surface area contributed by atoms with Gasteiger partial charge in [0.05, 0.1) is 18.1 Å². The van der Waals surface area contributed by atoms with Crippen molar-refractivity contribution in [1.29, 1.82) is 0 Å². The van der Waals surface area contributed by atoms with Crippen LogP contribution in [0.5, 0.6) is 0 Å². The van der Waals surface area contributed by atoms with Crippen molar-refractivity contribution < 1.29 is 9.66 Å². The Hall–Kier alpha value is -1.21. The van der Waals surface area contributed by atoms with Gasteiger partial charge < -0.3 is 10.1 Å². The third-order valence-electron chi connectivity index (χ3n) is 3.27. The van der Waals surface area contributed by atoms with Crippen LogP contribution in [0.1, 0.15) is 5.56 Å². The van der Waals surface area contributed by atoms with Crippen molar-refractivity contribution in [2.45, 2.75) is 6.54 Å². The highest BCUT2D eigenvalue weighted by Gasteiger charge is 2.14. The number of benzene rings is 1. The standard InChI is InChI=1S/C13H18ClN3O3/c14-12-2-1-11(13(9-12)17(18)19)10-15-3-4-16-5-7-20-8-6-16/h1-2,9,15H,3-8,10H2. The molecule has 6 nitrogen and oxygen atoms in total. The number of nitrogens with one attached hydrogen (secondary N) is 1. The third kappa shape index (κ3) is 4.42. The van der Waals surface area contributed by atoms with Gasteiger partial charge in [-0.3, -0.25) is 15.0 Å². The molecule has 2 rings (SSSR count). The molecular weight excluding hydrogens is 282 g/mol. The molecule has 0 saturated carbocycles. The van der Waals surface area contributed by atoms with Gasteiger partial charge in [-0.1, -0.05) is 11.6 Å². The van der Waals surface area contributed by atoms with Gasteiger partial charge >= 0.3 is 0 Å². The molecule has 1 aliphatic heterocycles. The van der Waals surface area contributed by atoms with E-state index in [1.54, 1.807) is 12.1 Å². The van der Waals surface area contributed by atoms with Crippen LogP contribution in [0, 0.1) is 10.1 Å². The molecule has 110 valence electrons. The van der Waals surface area contributed by atoms with Crippen LogP contribution in [-0.4, -0.2) is 49.2 Å². The summed E-state index contributed by atoms with van der Waals surface area (Å²) in [6.45, 7) is 5.64. The lowest BCUT2D eigenvalue weighted by molar-refractivity contribution is -0.385. The number of nitro groups is 1. The van der Waals surface area contributed by atoms with Crippen LogP contribution in [0.3, 0.4) is 0 Å². The molecule has 0 amide bonds. The second kappa shape index (κ2) is 7.54. The predicted molar refractivity (Wildman–Crippen MR) is 77.1 cm³/mol. The van der Waals surface area contributed by atoms with Gasteiger partial charge in [0.25, 0.3) is 5.69 Å². The zero-order chi connectivity index (χ0) is 14.4. The third-order valence-corrected chi connectivity index (χ3v) is 3.50. The molecule has 1 aromatic carbocycles. The second-order valence-electron chi connectivity index (χ2n) is 4.66. The van der Waals surface area contributed by atoms with Crippen molar-refractivity contribution >= 4 is 17.3 Å². The number of hydrogen-bond donors (Lipinski definition) is 1. The Morgan fingerprint density at radius 3 is 2.85 bits per heavy atom. The van der Waals surface area contributed by atoms with Crippen molar-refractivity contribution in [3.8, 4) is 0 Å². The molecule has 0 atom stereocenters. The quantitative estimate of drug-likeness (QED) is 0.492. The van der Waals surface area contributed by atoms with Crippen LogP contribution in [0.25, 0.3) is 0 Å². The van der Waals surface area contributed by atoms with E-state index in [4.69, 9.17) is 16.3 Å². The fourth-order valence-corrected chi connectivity index (χ4v) is 2.31. The Balaban J connectivity index is 1.80. The van der Waals surface area contributed by atoms with Gasteiger partial charge in [-0.05, 0) is 12.1 Å². The molecule has 0 aromatic heterocycles. The fourth-order valence-electron chi connectivity index (χ4n) is 2.14. The Labute approximate surface area is 122 Å². The normalized spacial score (nSPS) is 16.2. The predicted octanol–water partition coefficient (Wildman–Crippen LogP) is 1.67. The Morgan fingerprint density at radius 2 is 2.15 bits per heavy atom. The van der Waals surface area contributed by atoms with E-state index in [9.17, 15) is 10.1 Å². The van der Waals surface area contributed by atoms with Crippen LogP contribution < -0.4 is 5.32 Å². The lowest BCUT2D eigenvalue weighted by Crippen LogP contribution is -2.40. The average Bonchev–Trinajstić information content (AvgIpc) is 2.45. The highest BCUT2D eigenvalue weighted by Crippen LogP contribution is 2.22. The van der Waals surface area contributed by atoms with E-state index in [-0.39, 0.29) is 5.69 Å². The van der Waals surface area contributed by atoms with Crippen LogP contribution in [-0.2, 0) is 11.3 Å². The minimum Gasteiger partial charge on any atom is -0.379 e. The van der Waals surface area contributed by atoms with Crippen molar-refractivity contribution in [3.05, 3.63) is 38.9 Å². The molecule has 0 radical (unpaired) electrons. The lowest BCUT2D eigenvalue weighted by Gasteiger charge is -2.26. The topological polar surface area (TPSA) is 67.6 Å². The Morgan fingerprint density at radius 1 is 1.40 bits per heavy atom. The molecule has 20 heavy (non-hydrogen) atoms. The van der Waals surface area contributed by atoms with Crippen molar-refractivity contribution in [2.75, 3.05) is 39.4 Å². The summed E-state index contributed by atoms with van der Waals surface area (Å²) in [6.07, 6.45) is 0. The van der Waals surface area contributed by atoms with E-state index < -0.39 is 4.92 Å². The summed E-state index contributed by atoms with van der Waals surface area (Å²) < 4.78 is 5.28. The van der Waals surface area contributed by atoms with Gasteiger partial charge in [0.1, 0.15) is 0 Å². The molecule has 0 bridgehead atoms. The number of rotatable bonds is 6. The summed E-state index contributed by atoms with van der Waals surface area (Å²) in [6, 6.07) is 4.76. The number of nitro benzene ring substituents is 1. The molecular formula is C13H18ClN3O3. The van der Waals surface area contributed by atoms with E-state index in [1.807, 2.05) is 0 Å². The molecule has 1 aliphatic rings. The number of nitrogens with zero attached hydrogens (tertiary/aromatic N) is 2. The summed E-state index contributed by atoms with van der Waals surface area (Å²) >= 11 is 5.78. The van der Waals surface area contributed by atoms with E-state index in [0.29, 0.717) is 17.1 Å².